The van der Waals surface area contributed by atoms with Gasteiger partial charge in [-0.2, -0.15) is 0 Å². The van der Waals surface area contributed by atoms with Crippen molar-refractivity contribution < 1.29 is 53.6 Å². The second kappa shape index (κ2) is 21.8. The van der Waals surface area contributed by atoms with Crippen LogP contribution in [-0.4, -0.2) is 168 Å². The number of hydrogen-bond donors (Lipinski definition) is 5. The molecule has 3 aliphatic heterocycles. The van der Waals surface area contributed by atoms with E-state index in [4.69, 9.17) is 28.4 Å². The summed E-state index contributed by atoms with van der Waals surface area (Å²) >= 11 is 0. The molecule has 60 heavy (non-hydrogen) atoms. The molecule has 3 heterocycles. The normalized spacial score (nSPS) is 44.4. The van der Waals surface area contributed by atoms with Crippen LogP contribution in [0.4, 0.5) is 0 Å². The summed E-state index contributed by atoms with van der Waals surface area (Å²) in [4.78, 5) is 18.9. The number of aliphatic hydroxyl groups is 4. The Kier molecular flexibility index (Phi) is 19.4. The molecule has 17 atom stereocenters. The molecule has 3 aliphatic rings. The Balaban J connectivity index is 2.22. The smallest absolute Gasteiger partial charge is 0.311 e. The predicted molar refractivity (Wildman–Crippen MR) is 233 cm³/mol. The van der Waals surface area contributed by atoms with E-state index < -0.39 is 89.2 Å². The summed E-state index contributed by atoms with van der Waals surface area (Å²) in [7, 11) is 5.47. The number of ether oxygens (including phenoxy) is 6. The largest absolute Gasteiger partial charge is 0.459 e. The number of esters is 1. The maximum atomic E-state index is 14.6. The zero-order valence-corrected chi connectivity index (χ0v) is 40.6. The van der Waals surface area contributed by atoms with Crippen LogP contribution < -0.4 is 5.32 Å². The minimum Gasteiger partial charge on any atom is -0.459 e. The summed E-state index contributed by atoms with van der Waals surface area (Å²) in [5, 5.41) is 51.1. The van der Waals surface area contributed by atoms with Gasteiger partial charge in [0.05, 0.1) is 36.4 Å². The molecule has 354 valence electrons. The Bertz CT molecular complexity index is 1320. The zero-order chi connectivity index (χ0) is 45.7. The van der Waals surface area contributed by atoms with Crippen LogP contribution >= 0.6 is 0 Å². The fourth-order valence-corrected chi connectivity index (χ4v) is 10.4. The highest BCUT2D eigenvalue weighted by Crippen LogP contribution is 2.45. The van der Waals surface area contributed by atoms with E-state index in [9.17, 15) is 25.2 Å². The quantitative estimate of drug-likeness (QED) is 0.163. The van der Waals surface area contributed by atoms with Crippen molar-refractivity contribution >= 4 is 5.97 Å². The van der Waals surface area contributed by atoms with Crippen molar-refractivity contribution in [3.05, 3.63) is 0 Å². The third-order valence-electron chi connectivity index (χ3n) is 14.3. The molecule has 3 rings (SSSR count). The molecule has 0 aromatic heterocycles. The Morgan fingerprint density at radius 2 is 1.60 bits per heavy atom. The second-order valence-electron chi connectivity index (χ2n) is 20.7. The molecule has 3 saturated heterocycles. The van der Waals surface area contributed by atoms with Crippen molar-refractivity contribution in [2.45, 2.75) is 213 Å². The number of likely N-dealkylation sites (N-methyl/N-ethyl adjacent to an activating group) is 1. The summed E-state index contributed by atoms with van der Waals surface area (Å²) in [6.45, 7) is 29.8. The van der Waals surface area contributed by atoms with Crippen LogP contribution in [0.15, 0.2) is 0 Å². The molecule has 0 bridgehead atoms. The molecule has 0 aliphatic carbocycles. The Morgan fingerprint density at radius 1 is 0.967 bits per heavy atom. The van der Waals surface area contributed by atoms with E-state index in [2.05, 4.69) is 51.8 Å². The average Bonchev–Trinajstić information content (AvgIpc) is 3.16. The van der Waals surface area contributed by atoms with Crippen LogP contribution in [-0.2, 0) is 33.2 Å². The van der Waals surface area contributed by atoms with E-state index in [1.165, 1.54) is 0 Å². The molecule has 0 aromatic rings. The van der Waals surface area contributed by atoms with Gasteiger partial charge in [0.25, 0.3) is 0 Å². The van der Waals surface area contributed by atoms with Gasteiger partial charge in [-0.3, -0.25) is 4.79 Å². The summed E-state index contributed by atoms with van der Waals surface area (Å²) in [5.74, 6) is -2.04. The number of aliphatic hydroxyl groups excluding tert-OH is 2. The van der Waals surface area contributed by atoms with Gasteiger partial charge in [-0.25, -0.2) is 0 Å². The van der Waals surface area contributed by atoms with Crippen LogP contribution in [0.25, 0.3) is 0 Å². The lowest BCUT2D eigenvalue weighted by Gasteiger charge is -2.54. The van der Waals surface area contributed by atoms with Gasteiger partial charge < -0.3 is 64.0 Å². The number of carbonyl (C=O) groups excluding carboxylic acids is 1. The number of carbonyl (C=O) groups is 1. The van der Waals surface area contributed by atoms with Crippen molar-refractivity contribution in [1.29, 1.82) is 0 Å². The molecule has 0 unspecified atom stereocenters. The highest BCUT2D eigenvalue weighted by Gasteiger charge is 2.58. The fourth-order valence-electron chi connectivity index (χ4n) is 10.4. The maximum absolute atomic E-state index is 14.6. The number of rotatable bonds is 13. The lowest BCUT2D eigenvalue weighted by atomic mass is 9.72. The summed E-state index contributed by atoms with van der Waals surface area (Å²) in [5.41, 5.74) is -4.86. The molecule has 0 aromatic carbocycles. The minimum atomic E-state index is -1.75. The van der Waals surface area contributed by atoms with Crippen molar-refractivity contribution in [1.82, 2.24) is 15.1 Å². The first-order valence-corrected chi connectivity index (χ1v) is 23.0. The molecule has 3 fully saturated rings. The monoisotopic (exact) mass is 860 g/mol. The van der Waals surface area contributed by atoms with Crippen LogP contribution in [0.3, 0.4) is 0 Å². The summed E-state index contributed by atoms with van der Waals surface area (Å²) in [6, 6.07) is -0.194. The van der Waals surface area contributed by atoms with Gasteiger partial charge in [0.15, 0.2) is 12.6 Å². The van der Waals surface area contributed by atoms with Gasteiger partial charge in [-0.05, 0) is 112 Å². The third kappa shape index (κ3) is 12.2. The third-order valence-corrected chi connectivity index (χ3v) is 14.3. The lowest BCUT2D eigenvalue weighted by Crippen LogP contribution is -2.70. The lowest BCUT2D eigenvalue weighted by molar-refractivity contribution is -0.334. The van der Waals surface area contributed by atoms with E-state index in [0.717, 1.165) is 13.0 Å². The highest BCUT2D eigenvalue weighted by atomic mass is 16.7. The van der Waals surface area contributed by atoms with Crippen LogP contribution in [0.1, 0.15) is 129 Å². The van der Waals surface area contributed by atoms with E-state index in [-0.39, 0.29) is 43.5 Å². The number of hydrogen-bond acceptors (Lipinski definition) is 14. The van der Waals surface area contributed by atoms with Crippen LogP contribution in [0.2, 0.25) is 0 Å². The van der Waals surface area contributed by atoms with Gasteiger partial charge in [0.1, 0.15) is 29.0 Å². The van der Waals surface area contributed by atoms with Gasteiger partial charge in [0, 0.05) is 44.6 Å². The van der Waals surface area contributed by atoms with Crippen molar-refractivity contribution in [3.63, 3.8) is 0 Å². The molecule has 14 nitrogen and oxygen atoms in total. The zero-order valence-electron chi connectivity index (χ0n) is 40.6. The van der Waals surface area contributed by atoms with Gasteiger partial charge in [-0.1, -0.05) is 55.4 Å². The Hall–Kier alpha value is -1.01. The Labute approximate surface area is 363 Å². The van der Waals surface area contributed by atoms with E-state index in [0.29, 0.717) is 31.8 Å². The number of methoxy groups -OCH3 is 1. The van der Waals surface area contributed by atoms with Crippen molar-refractivity contribution in [2.75, 3.05) is 47.4 Å². The topological polar surface area (TPSA) is 172 Å². The first-order chi connectivity index (χ1) is 27.7. The molecular formula is C46H89N3O11. The number of cyclic esters (lactones) is 1. The maximum Gasteiger partial charge on any atom is 0.311 e. The Morgan fingerprint density at radius 3 is 2.15 bits per heavy atom. The van der Waals surface area contributed by atoms with Crippen molar-refractivity contribution in [3.8, 4) is 0 Å². The van der Waals surface area contributed by atoms with Crippen molar-refractivity contribution in [2.24, 2.45) is 29.1 Å². The number of nitrogens with zero attached hydrogens (tertiary/aromatic N) is 2. The van der Waals surface area contributed by atoms with E-state index >= 15 is 0 Å². The first-order valence-electron chi connectivity index (χ1n) is 23.0. The van der Waals surface area contributed by atoms with Gasteiger partial charge >= 0.3 is 5.97 Å². The van der Waals surface area contributed by atoms with E-state index in [1.54, 1.807) is 21.0 Å². The van der Waals surface area contributed by atoms with Crippen LogP contribution in [0.5, 0.6) is 0 Å². The molecule has 0 radical (unpaired) electrons. The average molecular weight is 860 g/mol. The molecule has 0 saturated carbocycles. The van der Waals surface area contributed by atoms with Gasteiger partial charge in [-0.15, -0.1) is 0 Å². The predicted octanol–water partition coefficient (Wildman–Crippen LogP) is 4.57. The molecule has 0 spiro atoms. The minimum absolute atomic E-state index is 0.0113. The van der Waals surface area contributed by atoms with Crippen LogP contribution in [0, 0.1) is 29.1 Å². The SMILES string of the molecule is CCCN1C[C@H](C)[C@@H](O)[C@](C)(O)[C@@H](CC)OC(=O)[C@H](C)[C@H](O[C@@H]2C[C@](C)(OC)[C@@](O)(CNCC(C)C)[C@H](C)O2)[C@H](C)[C@@H](O[C@@H]2O[C@H](C)C[C@H](N(C)C)[C@H]2O)C(C)(C)C[C@H]1C. The summed E-state index contributed by atoms with van der Waals surface area (Å²) < 4.78 is 39.4. The standard InChI is InChI=1S/C46H89N3O11/c1-18-20-49-25-28(5)39(51)45(14,53)35(19-2)58-41(52)32(9)38(59-36-23-44(13,55-17)46(54,33(10)57-36)26-47-24-27(3)4)31(8)40(43(11,12)22-29(49)6)60-42-37(50)34(48(15)16)21-30(7)56-42/h27-40,42,47,50-51,53-54H,18-26H2,1-17H3/t28-,29+,30+,31-,32+,33-,34-,35+,36+,37+,38+,39+,40+,42-,44-,45+,46+/m0/s1. The molecule has 5 N–H and O–H groups in total. The number of nitrogens with one attached hydrogen (secondary N) is 1. The molecule has 0 amide bonds. The highest BCUT2D eigenvalue weighted by molar-refractivity contribution is 5.73. The molecule has 14 heteroatoms. The molecular weight excluding hydrogens is 771 g/mol. The summed E-state index contributed by atoms with van der Waals surface area (Å²) in [6.07, 6.45) is -4.89. The van der Waals surface area contributed by atoms with Gasteiger partial charge in [0.2, 0.25) is 0 Å². The fraction of sp³-hybridized carbons (Fsp3) is 0.978. The first kappa shape index (κ1) is 53.3. The second-order valence-corrected chi connectivity index (χ2v) is 20.7. The van der Waals surface area contributed by atoms with E-state index in [1.807, 2.05) is 60.5 Å².